The fraction of sp³-hybridized carbons (Fsp3) is 0.333. The zero-order chi connectivity index (χ0) is 37.2. The maximum Gasteiger partial charge on any atom is 0.330 e. The summed E-state index contributed by atoms with van der Waals surface area (Å²) in [7, 11) is -24.4. The molecule has 0 amide bonds. The van der Waals surface area contributed by atoms with Gasteiger partial charge in [0, 0.05) is 17.4 Å². The van der Waals surface area contributed by atoms with Gasteiger partial charge in [-0.3, -0.25) is 36.9 Å². The summed E-state index contributed by atoms with van der Waals surface area (Å²) in [6.45, 7) is 2.56. The van der Waals surface area contributed by atoms with E-state index in [-0.39, 0.29) is 11.3 Å². The standard InChI is InChI=1S/C27H31N3O17P4/c1-3-22-43-23-21(16-41-49(35,36)46-51(39,40)47-50(37,38)45-48(33,34)29-20-7-5-4-6-8-20)42-26(24(23)44-22)30-15-19(25(31)28-27(30)32)14-13-18-11-9-17(2)10-12-18/h4-12,15,21-24,26H,3,16H2,1-2H3,(H,35,36)(H,37,38)(H,39,40)(H,28,31,32)(H2,29,33,34)/p-4/t21-,22?,23+,24?,26-/m1/s1. The average Bonchev–Trinajstić information content (AvgIpc) is 3.58. The molecule has 3 aromatic rings. The van der Waals surface area contributed by atoms with Crippen LogP contribution >= 0.6 is 31.2 Å². The third-order valence-corrected chi connectivity index (χ3v) is 12.8. The highest BCUT2D eigenvalue weighted by molar-refractivity contribution is 7.69. The Morgan fingerprint density at radius 1 is 0.843 bits per heavy atom. The second-order valence-corrected chi connectivity index (χ2v) is 16.9. The van der Waals surface area contributed by atoms with Gasteiger partial charge < -0.3 is 43.4 Å². The molecule has 2 aromatic carbocycles. The van der Waals surface area contributed by atoms with Crippen molar-refractivity contribution in [1.29, 1.82) is 0 Å². The van der Waals surface area contributed by atoms with Crippen molar-refractivity contribution in [3.8, 4) is 11.8 Å². The van der Waals surface area contributed by atoms with E-state index in [1.807, 2.05) is 19.1 Å². The highest BCUT2D eigenvalue weighted by atomic mass is 31.3. The van der Waals surface area contributed by atoms with E-state index in [2.05, 4.69) is 34.3 Å². The number of para-hydroxylation sites is 1. The van der Waals surface area contributed by atoms with Crippen molar-refractivity contribution >= 4 is 36.9 Å². The molecule has 276 valence electrons. The van der Waals surface area contributed by atoms with Crippen LogP contribution in [0, 0.1) is 18.8 Å². The van der Waals surface area contributed by atoms with Crippen LogP contribution in [0.1, 0.15) is 36.3 Å². The molecule has 0 radical (unpaired) electrons. The van der Waals surface area contributed by atoms with Gasteiger partial charge in [-0.2, -0.15) is 0 Å². The minimum Gasteiger partial charge on any atom is -0.761 e. The van der Waals surface area contributed by atoms with E-state index in [9.17, 15) is 47.4 Å². The lowest BCUT2D eigenvalue weighted by atomic mass is 10.1. The monoisotopic (exact) mass is 789 g/mol. The maximum absolute atomic E-state index is 12.9. The quantitative estimate of drug-likeness (QED) is 0.178. The first-order chi connectivity index (χ1) is 23.8. The van der Waals surface area contributed by atoms with Gasteiger partial charge in [-0.05, 0) is 37.6 Å². The fourth-order valence-electron chi connectivity index (χ4n) is 4.78. The van der Waals surface area contributed by atoms with Crippen LogP contribution in [-0.2, 0) is 49.9 Å². The Morgan fingerprint density at radius 2 is 1.47 bits per heavy atom. The predicted molar refractivity (Wildman–Crippen MR) is 166 cm³/mol. The zero-order valence-electron chi connectivity index (χ0n) is 26.3. The Morgan fingerprint density at radius 3 is 2.14 bits per heavy atom. The number of ether oxygens (including phenoxy) is 3. The van der Waals surface area contributed by atoms with Gasteiger partial charge >= 0.3 is 5.69 Å². The van der Waals surface area contributed by atoms with Gasteiger partial charge in [0.05, 0.1) is 6.61 Å². The van der Waals surface area contributed by atoms with Gasteiger partial charge in [0.2, 0.25) is 7.75 Å². The lowest BCUT2D eigenvalue weighted by molar-refractivity contribution is -0.251. The number of rotatable bonds is 13. The zero-order valence-corrected chi connectivity index (χ0v) is 29.8. The third-order valence-electron chi connectivity index (χ3n) is 6.92. The number of aryl methyl sites for hydroxylation is 1. The summed E-state index contributed by atoms with van der Waals surface area (Å²) in [6, 6.07) is 13.8. The summed E-state index contributed by atoms with van der Waals surface area (Å²) < 4.78 is 82.8. The number of nitrogens with one attached hydrogen (secondary N) is 2. The number of hydrogen-bond donors (Lipinski definition) is 2. The van der Waals surface area contributed by atoms with Gasteiger partial charge in [-0.15, -0.1) is 0 Å². The largest absolute Gasteiger partial charge is 0.761 e. The third kappa shape index (κ3) is 10.5. The highest BCUT2D eigenvalue weighted by Crippen LogP contribution is 2.66. The number of anilines is 1. The Labute approximate surface area is 288 Å². The highest BCUT2D eigenvalue weighted by Gasteiger charge is 2.53. The van der Waals surface area contributed by atoms with Crippen LogP contribution in [0.3, 0.4) is 0 Å². The van der Waals surface area contributed by atoms with Crippen LogP contribution in [0.15, 0.2) is 70.4 Å². The molecule has 2 saturated heterocycles. The molecule has 2 aliphatic rings. The van der Waals surface area contributed by atoms with E-state index in [4.69, 9.17) is 14.2 Å². The smallest absolute Gasteiger partial charge is 0.330 e. The molecular weight excluding hydrogens is 762 g/mol. The number of phosphoric acid groups is 3. The van der Waals surface area contributed by atoms with Gasteiger partial charge in [-0.25, -0.2) is 13.4 Å². The minimum absolute atomic E-state index is 0.131. The number of benzene rings is 2. The maximum atomic E-state index is 12.9. The Balaban J connectivity index is 1.27. The average molecular weight is 789 g/mol. The lowest BCUT2D eigenvalue weighted by Gasteiger charge is -2.37. The summed E-state index contributed by atoms with van der Waals surface area (Å²) in [4.78, 5) is 76.2. The second kappa shape index (κ2) is 15.5. The van der Waals surface area contributed by atoms with Gasteiger partial charge in [0.25, 0.3) is 29.0 Å². The minimum atomic E-state index is -6.44. The Hall–Kier alpha value is -3.04. The molecule has 9 atom stereocenters. The molecular formula is C27H27N3O17P4-4. The van der Waals surface area contributed by atoms with Crippen LogP contribution in [0.5, 0.6) is 0 Å². The number of H-pyrrole nitrogens is 1. The van der Waals surface area contributed by atoms with Crippen molar-refractivity contribution < 1.29 is 69.5 Å². The Bertz CT molecular complexity index is 2120. The van der Waals surface area contributed by atoms with E-state index in [0.29, 0.717) is 12.0 Å². The number of nitrogens with zero attached hydrogens (tertiary/aromatic N) is 1. The van der Waals surface area contributed by atoms with Crippen molar-refractivity contribution in [3.63, 3.8) is 0 Å². The topological polar surface area (TPSA) is 292 Å². The molecule has 3 heterocycles. The number of fused-ring (bicyclic) bond motifs is 1. The summed E-state index contributed by atoms with van der Waals surface area (Å²) >= 11 is 0. The molecule has 2 fully saturated rings. The molecule has 0 saturated carbocycles. The van der Waals surface area contributed by atoms with Crippen molar-refractivity contribution in [2.75, 3.05) is 11.7 Å². The van der Waals surface area contributed by atoms with Gasteiger partial charge in [-0.1, -0.05) is 54.7 Å². The number of aromatic amines is 1. The summed E-state index contributed by atoms with van der Waals surface area (Å²) in [5.74, 6) is 5.49. The number of phosphoric ester groups is 1. The molecule has 5 rings (SSSR count). The summed E-state index contributed by atoms with van der Waals surface area (Å²) in [5.41, 5.74) is -0.461. The van der Waals surface area contributed by atoms with Crippen molar-refractivity contribution in [3.05, 3.63) is 98.3 Å². The molecule has 24 heteroatoms. The second-order valence-electron chi connectivity index (χ2n) is 10.8. The van der Waals surface area contributed by atoms with Crippen LogP contribution < -0.4 is 35.9 Å². The molecule has 51 heavy (non-hydrogen) atoms. The molecule has 0 aliphatic carbocycles. The SMILES string of the molecule is CCC1OC2[C@@H](O1)[C@@H](COP(=O)([O-])OP(=O)([O-])OP(=O)([O-])OP(=O)([O-])Nc1ccccc1)O[C@H]2n1cc(C#Cc2ccc(C)cc2)c(=O)[nH]c1=O. The van der Waals surface area contributed by atoms with Crippen molar-refractivity contribution in [2.45, 2.75) is 51.1 Å². The van der Waals surface area contributed by atoms with E-state index >= 15 is 0 Å². The van der Waals surface area contributed by atoms with Crippen molar-refractivity contribution in [1.82, 2.24) is 9.55 Å². The molecule has 2 N–H and O–H groups in total. The van der Waals surface area contributed by atoms with Gasteiger partial charge in [0.15, 0.2) is 12.5 Å². The summed E-state index contributed by atoms with van der Waals surface area (Å²) in [5, 5.41) is 1.70. The first kappa shape index (κ1) is 39.2. The van der Waals surface area contributed by atoms with E-state index in [0.717, 1.165) is 16.3 Å². The molecule has 2 aliphatic heterocycles. The van der Waals surface area contributed by atoms with Crippen LogP contribution in [0.4, 0.5) is 5.69 Å². The predicted octanol–water partition coefficient (Wildman–Crippen LogP) is 0.714. The fourth-order valence-corrected chi connectivity index (χ4v) is 9.71. The van der Waals surface area contributed by atoms with Gasteiger partial charge in [0.1, 0.15) is 23.9 Å². The molecule has 0 bridgehead atoms. The first-order valence-corrected chi connectivity index (χ1v) is 20.5. The van der Waals surface area contributed by atoms with Crippen molar-refractivity contribution in [2.24, 2.45) is 0 Å². The normalized spacial score (nSPS) is 26.0. The van der Waals surface area contributed by atoms with Crippen LogP contribution in [-0.4, -0.2) is 40.8 Å². The molecule has 0 spiro atoms. The number of hydrogen-bond acceptors (Lipinski definition) is 17. The molecule has 6 unspecified atom stereocenters. The van der Waals surface area contributed by atoms with Crippen LogP contribution in [0.25, 0.3) is 0 Å². The van der Waals surface area contributed by atoms with E-state index in [1.54, 1.807) is 24.1 Å². The first-order valence-electron chi connectivity index (χ1n) is 14.6. The molecule has 1 aromatic heterocycles. The number of aromatic nitrogens is 2. The summed E-state index contributed by atoms with van der Waals surface area (Å²) in [6.07, 6.45) is -4.37. The Kier molecular flexibility index (Phi) is 11.9. The van der Waals surface area contributed by atoms with E-state index in [1.165, 1.54) is 30.3 Å². The lowest BCUT2D eigenvalue weighted by Crippen LogP contribution is -2.38. The van der Waals surface area contributed by atoms with Crippen LogP contribution in [0.2, 0.25) is 0 Å². The molecule has 20 nitrogen and oxygen atoms in total. The van der Waals surface area contributed by atoms with E-state index < -0.39 is 79.9 Å².